The Labute approximate surface area is 141 Å². The minimum absolute atomic E-state index is 0.153. The predicted octanol–water partition coefficient (Wildman–Crippen LogP) is 2.27. The third-order valence-electron chi connectivity index (χ3n) is 4.76. The number of rotatable bonds is 4. The van der Waals surface area contributed by atoms with Gasteiger partial charge in [0.05, 0.1) is 4.90 Å². The number of carbonyl (C=O) groups is 1. The van der Waals surface area contributed by atoms with Gasteiger partial charge in [-0.15, -0.1) is 0 Å². The molecule has 1 amide bonds. The molecule has 2 aromatic carbocycles. The van der Waals surface area contributed by atoms with E-state index in [1.165, 1.54) is 4.31 Å². The van der Waals surface area contributed by atoms with E-state index < -0.39 is 16.1 Å². The Morgan fingerprint density at radius 2 is 1.79 bits per heavy atom. The van der Waals surface area contributed by atoms with Crippen LogP contribution in [-0.4, -0.2) is 37.3 Å². The summed E-state index contributed by atoms with van der Waals surface area (Å²) in [5.41, 5.74) is 0. The van der Waals surface area contributed by atoms with Crippen LogP contribution in [0.15, 0.2) is 47.4 Å². The fourth-order valence-corrected chi connectivity index (χ4v) is 4.97. The number of hydrogen-bond donors (Lipinski definition) is 1. The number of fused-ring (bicyclic) bond motifs is 1. The van der Waals surface area contributed by atoms with Crippen molar-refractivity contribution in [3.63, 3.8) is 0 Å². The van der Waals surface area contributed by atoms with Crippen LogP contribution in [0.4, 0.5) is 0 Å². The third kappa shape index (κ3) is 2.80. The number of carbonyl (C=O) groups excluding carboxylic acids is 1. The Bertz CT molecular complexity index is 890. The zero-order chi connectivity index (χ0) is 16.7. The Kier molecular flexibility index (Phi) is 3.81. The monoisotopic (exact) mass is 344 g/mol. The van der Waals surface area contributed by atoms with Gasteiger partial charge in [-0.1, -0.05) is 30.3 Å². The van der Waals surface area contributed by atoms with Crippen LogP contribution < -0.4 is 5.32 Å². The topological polar surface area (TPSA) is 66.5 Å². The van der Waals surface area contributed by atoms with Crippen LogP contribution in [0, 0.1) is 0 Å². The van der Waals surface area contributed by atoms with Gasteiger partial charge in [0.25, 0.3) is 0 Å². The highest BCUT2D eigenvalue weighted by Gasteiger charge is 2.40. The zero-order valence-electron chi connectivity index (χ0n) is 13.3. The van der Waals surface area contributed by atoms with Gasteiger partial charge in [-0.05, 0) is 48.6 Å². The smallest absolute Gasteiger partial charge is 0.243 e. The van der Waals surface area contributed by atoms with E-state index in [-0.39, 0.29) is 16.8 Å². The Morgan fingerprint density at radius 3 is 2.54 bits per heavy atom. The van der Waals surface area contributed by atoms with Crippen molar-refractivity contribution >= 4 is 26.7 Å². The molecule has 126 valence electrons. The maximum Gasteiger partial charge on any atom is 0.243 e. The van der Waals surface area contributed by atoms with Crippen LogP contribution in [0.2, 0.25) is 0 Å². The fourth-order valence-electron chi connectivity index (χ4n) is 3.28. The molecule has 1 saturated carbocycles. The van der Waals surface area contributed by atoms with Gasteiger partial charge in [-0.2, -0.15) is 4.31 Å². The van der Waals surface area contributed by atoms with Gasteiger partial charge in [0.2, 0.25) is 15.9 Å². The highest BCUT2D eigenvalue weighted by Crippen LogP contribution is 2.29. The minimum Gasteiger partial charge on any atom is -0.352 e. The second kappa shape index (κ2) is 5.86. The molecule has 2 fully saturated rings. The van der Waals surface area contributed by atoms with Gasteiger partial charge >= 0.3 is 0 Å². The SMILES string of the molecule is O=C(NC1CC1)C1CCCN1S(=O)(=O)c1ccc2ccccc2c1. The highest BCUT2D eigenvalue weighted by atomic mass is 32.2. The van der Waals surface area contributed by atoms with Gasteiger partial charge in [0, 0.05) is 12.6 Å². The van der Waals surface area contributed by atoms with Gasteiger partial charge in [0.15, 0.2) is 0 Å². The van der Waals surface area contributed by atoms with Crippen molar-refractivity contribution in [3.8, 4) is 0 Å². The molecule has 0 spiro atoms. The molecule has 24 heavy (non-hydrogen) atoms. The first-order chi connectivity index (χ1) is 11.6. The third-order valence-corrected chi connectivity index (χ3v) is 6.66. The van der Waals surface area contributed by atoms with Crippen LogP contribution >= 0.6 is 0 Å². The standard InChI is InChI=1S/C18H20N2O3S/c21-18(19-15-8-9-15)17-6-3-11-20(17)24(22,23)16-10-7-13-4-1-2-5-14(13)12-16/h1-2,4-5,7,10,12,15,17H,3,6,8-9,11H2,(H,19,21). The van der Waals surface area contributed by atoms with Crippen LogP contribution in [0.25, 0.3) is 10.8 Å². The maximum absolute atomic E-state index is 13.0. The van der Waals surface area contributed by atoms with Crippen molar-refractivity contribution in [3.05, 3.63) is 42.5 Å². The summed E-state index contributed by atoms with van der Waals surface area (Å²) in [6, 6.07) is 12.5. The van der Waals surface area contributed by atoms with Crippen molar-refractivity contribution in [2.45, 2.75) is 42.7 Å². The van der Waals surface area contributed by atoms with E-state index in [0.717, 1.165) is 30.0 Å². The lowest BCUT2D eigenvalue weighted by atomic mass is 10.1. The molecular formula is C18H20N2O3S. The van der Waals surface area contributed by atoms with E-state index in [2.05, 4.69) is 5.32 Å². The lowest BCUT2D eigenvalue weighted by Gasteiger charge is -2.23. The highest BCUT2D eigenvalue weighted by molar-refractivity contribution is 7.89. The van der Waals surface area contributed by atoms with Crippen molar-refractivity contribution in [2.75, 3.05) is 6.54 Å². The average Bonchev–Trinajstić information content (AvgIpc) is 3.25. The van der Waals surface area contributed by atoms with Gasteiger partial charge in [-0.25, -0.2) is 8.42 Å². The first-order valence-corrected chi connectivity index (χ1v) is 9.81. The number of amides is 1. The van der Waals surface area contributed by atoms with Crippen LogP contribution in [0.5, 0.6) is 0 Å². The van der Waals surface area contributed by atoms with E-state index in [1.54, 1.807) is 12.1 Å². The molecule has 1 unspecified atom stereocenters. The van der Waals surface area contributed by atoms with E-state index >= 15 is 0 Å². The van der Waals surface area contributed by atoms with E-state index in [4.69, 9.17) is 0 Å². The van der Waals surface area contributed by atoms with Crippen LogP contribution in [0.1, 0.15) is 25.7 Å². The normalized spacial score (nSPS) is 21.9. The molecule has 2 aromatic rings. The van der Waals surface area contributed by atoms with Gasteiger partial charge in [0.1, 0.15) is 6.04 Å². The number of sulfonamides is 1. The van der Waals surface area contributed by atoms with Crippen molar-refractivity contribution in [1.29, 1.82) is 0 Å². The molecule has 0 radical (unpaired) electrons. The first-order valence-electron chi connectivity index (χ1n) is 8.37. The largest absolute Gasteiger partial charge is 0.352 e. The molecular weight excluding hydrogens is 324 g/mol. The molecule has 5 nitrogen and oxygen atoms in total. The number of nitrogens with one attached hydrogen (secondary N) is 1. The first kappa shape index (κ1) is 15.6. The molecule has 6 heteroatoms. The molecule has 1 N–H and O–H groups in total. The number of hydrogen-bond acceptors (Lipinski definition) is 3. The molecule has 1 aliphatic heterocycles. The zero-order valence-corrected chi connectivity index (χ0v) is 14.1. The van der Waals surface area contributed by atoms with Crippen molar-refractivity contribution < 1.29 is 13.2 Å². The second-order valence-corrected chi connectivity index (χ2v) is 8.46. The lowest BCUT2D eigenvalue weighted by Crippen LogP contribution is -2.46. The summed E-state index contributed by atoms with van der Waals surface area (Å²) in [5, 5.41) is 4.82. The van der Waals surface area contributed by atoms with Crippen LogP contribution in [0.3, 0.4) is 0 Å². The Hall–Kier alpha value is -1.92. The minimum atomic E-state index is -3.67. The number of benzene rings is 2. The molecule has 1 aliphatic carbocycles. The molecule has 1 atom stereocenters. The fraction of sp³-hybridized carbons (Fsp3) is 0.389. The number of nitrogens with zero attached hydrogens (tertiary/aromatic N) is 1. The quantitative estimate of drug-likeness (QED) is 0.925. The lowest BCUT2D eigenvalue weighted by molar-refractivity contribution is -0.124. The molecule has 0 aromatic heterocycles. The van der Waals surface area contributed by atoms with Gasteiger partial charge in [-0.3, -0.25) is 4.79 Å². The summed E-state index contributed by atoms with van der Waals surface area (Å²) < 4.78 is 27.5. The predicted molar refractivity (Wildman–Crippen MR) is 92.0 cm³/mol. The molecule has 1 saturated heterocycles. The van der Waals surface area contributed by atoms with Crippen LogP contribution in [-0.2, 0) is 14.8 Å². The summed E-state index contributed by atoms with van der Waals surface area (Å²) >= 11 is 0. The molecule has 0 bridgehead atoms. The summed E-state index contributed by atoms with van der Waals surface area (Å²) in [5.74, 6) is -0.153. The maximum atomic E-state index is 13.0. The molecule has 2 aliphatic rings. The summed E-state index contributed by atoms with van der Waals surface area (Å²) in [6.45, 7) is 0.401. The van der Waals surface area contributed by atoms with Gasteiger partial charge < -0.3 is 5.32 Å². The van der Waals surface area contributed by atoms with Crippen molar-refractivity contribution in [2.24, 2.45) is 0 Å². The summed E-state index contributed by atoms with van der Waals surface area (Å²) in [7, 11) is -3.67. The second-order valence-electron chi connectivity index (χ2n) is 6.57. The average molecular weight is 344 g/mol. The molecule has 4 rings (SSSR count). The van der Waals surface area contributed by atoms with E-state index in [1.807, 2.05) is 30.3 Å². The Balaban J connectivity index is 1.65. The summed E-state index contributed by atoms with van der Waals surface area (Å²) in [6.07, 6.45) is 3.30. The van der Waals surface area contributed by atoms with E-state index in [0.29, 0.717) is 13.0 Å². The van der Waals surface area contributed by atoms with Crippen molar-refractivity contribution in [1.82, 2.24) is 9.62 Å². The van der Waals surface area contributed by atoms with E-state index in [9.17, 15) is 13.2 Å². The Morgan fingerprint density at radius 1 is 1.04 bits per heavy atom. The summed E-state index contributed by atoms with van der Waals surface area (Å²) in [4.78, 5) is 12.6. The molecule has 1 heterocycles.